The number of nitrogens with one attached hydrogen (secondary N) is 1. The second kappa shape index (κ2) is 6.56. The first-order valence-corrected chi connectivity index (χ1v) is 7.08. The summed E-state index contributed by atoms with van der Waals surface area (Å²) < 4.78 is 18.6. The lowest BCUT2D eigenvalue weighted by molar-refractivity contribution is 0.325. The number of rotatable bonds is 6. The zero-order valence-electron chi connectivity index (χ0n) is 10.9. The number of hydrogen-bond donors (Lipinski definition) is 1. The van der Waals surface area contributed by atoms with Crippen LogP contribution >= 0.6 is 11.8 Å². The SMILES string of the molecule is CC(C)c1nc(SCCOc2ccccc2F)n[nH]1. The molecule has 0 fully saturated rings. The number of H-pyrrole nitrogens is 1. The van der Waals surface area contributed by atoms with Crippen molar-refractivity contribution in [3.05, 3.63) is 35.9 Å². The molecular weight excluding hydrogens is 265 g/mol. The van der Waals surface area contributed by atoms with Gasteiger partial charge in [0.2, 0.25) is 5.16 Å². The number of thioether (sulfide) groups is 1. The van der Waals surface area contributed by atoms with E-state index < -0.39 is 0 Å². The van der Waals surface area contributed by atoms with Gasteiger partial charge in [-0.15, -0.1) is 5.10 Å². The lowest BCUT2D eigenvalue weighted by Gasteiger charge is -2.05. The first-order chi connectivity index (χ1) is 9.16. The third-order valence-electron chi connectivity index (χ3n) is 2.44. The maximum atomic E-state index is 13.3. The van der Waals surface area contributed by atoms with E-state index in [1.807, 2.05) is 0 Å². The number of aromatic nitrogens is 3. The van der Waals surface area contributed by atoms with Crippen molar-refractivity contribution in [1.29, 1.82) is 0 Å². The predicted octanol–water partition coefficient (Wildman–Crippen LogP) is 3.24. The van der Waals surface area contributed by atoms with E-state index in [0.717, 1.165) is 5.82 Å². The zero-order valence-corrected chi connectivity index (χ0v) is 11.7. The molecule has 102 valence electrons. The number of aromatic amines is 1. The quantitative estimate of drug-likeness (QED) is 0.652. The molecule has 6 heteroatoms. The van der Waals surface area contributed by atoms with Gasteiger partial charge >= 0.3 is 0 Å². The minimum atomic E-state index is -0.340. The van der Waals surface area contributed by atoms with Crippen molar-refractivity contribution in [3.8, 4) is 5.75 Å². The van der Waals surface area contributed by atoms with Crippen LogP contribution in [0.1, 0.15) is 25.6 Å². The Morgan fingerprint density at radius 1 is 1.37 bits per heavy atom. The van der Waals surface area contributed by atoms with Crippen molar-refractivity contribution in [1.82, 2.24) is 15.2 Å². The summed E-state index contributed by atoms with van der Waals surface area (Å²) in [6, 6.07) is 6.38. The third-order valence-corrected chi connectivity index (χ3v) is 3.25. The molecule has 2 aromatic rings. The number of hydrogen-bond acceptors (Lipinski definition) is 4. The standard InChI is InChI=1S/C13H16FN3OS/c1-9(2)12-15-13(17-16-12)19-8-7-18-11-6-4-3-5-10(11)14/h3-6,9H,7-8H2,1-2H3,(H,15,16,17). The highest BCUT2D eigenvalue weighted by Gasteiger charge is 2.07. The van der Waals surface area contributed by atoms with Crippen LogP contribution in [-0.2, 0) is 0 Å². The van der Waals surface area contributed by atoms with E-state index in [-0.39, 0.29) is 11.6 Å². The molecule has 1 aromatic carbocycles. The summed E-state index contributed by atoms with van der Waals surface area (Å²) in [7, 11) is 0. The minimum Gasteiger partial charge on any atom is -0.490 e. The monoisotopic (exact) mass is 281 g/mol. The fourth-order valence-corrected chi connectivity index (χ4v) is 2.05. The van der Waals surface area contributed by atoms with E-state index in [9.17, 15) is 4.39 Å². The fraction of sp³-hybridized carbons (Fsp3) is 0.385. The molecule has 0 aliphatic heterocycles. The predicted molar refractivity (Wildman–Crippen MR) is 73.1 cm³/mol. The van der Waals surface area contributed by atoms with E-state index >= 15 is 0 Å². The molecule has 0 bridgehead atoms. The normalized spacial score (nSPS) is 10.9. The van der Waals surface area contributed by atoms with Crippen LogP contribution < -0.4 is 4.74 Å². The first-order valence-electron chi connectivity index (χ1n) is 6.09. The molecule has 0 saturated heterocycles. The molecule has 0 amide bonds. The van der Waals surface area contributed by atoms with Gasteiger partial charge in [-0.25, -0.2) is 9.37 Å². The van der Waals surface area contributed by atoms with Gasteiger partial charge in [0, 0.05) is 11.7 Å². The Hall–Kier alpha value is -1.56. The molecule has 4 nitrogen and oxygen atoms in total. The second-order valence-corrected chi connectivity index (χ2v) is 5.35. The Morgan fingerprint density at radius 2 is 2.16 bits per heavy atom. The number of para-hydroxylation sites is 1. The second-order valence-electron chi connectivity index (χ2n) is 4.29. The molecule has 2 rings (SSSR count). The van der Waals surface area contributed by atoms with Crippen molar-refractivity contribution in [2.45, 2.75) is 24.9 Å². The van der Waals surface area contributed by atoms with Crippen molar-refractivity contribution >= 4 is 11.8 Å². The Morgan fingerprint density at radius 3 is 2.84 bits per heavy atom. The van der Waals surface area contributed by atoms with Gasteiger partial charge in [0.25, 0.3) is 0 Å². The van der Waals surface area contributed by atoms with Gasteiger partial charge in [-0.3, -0.25) is 5.10 Å². The summed E-state index contributed by atoms with van der Waals surface area (Å²) in [5.74, 6) is 1.81. The van der Waals surface area contributed by atoms with Crippen LogP contribution in [0.4, 0.5) is 4.39 Å². The molecule has 0 unspecified atom stereocenters. The lowest BCUT2D eigenvalue weighted by atomic mass is 10.2. The summed E-state index contributed by atoms with van der Waals surface area (Å²) in [6.07, 6.45) is 0. The van der Waals surface area contributed by atoms with E-state index in [2.05, 4.69) is 29.0 Å². The van der Waals surface area contributed by atoms with Crippen molar-refractivity contribution in [3.63, 3.8) is 0 Å². The number of halogens is 1. The highest BCUT2D eigenvalue weighted by atomic mass is 32.2. The summed E-state index contributed by atoms with van der Waals surface area (Å²) >= 11 is 1.48. The number of benzene rings is 1. The lowest BCUT2D eigenvalue weighted by Crippen LogP contribution is -2.01. The van der Waals surface area contributed by atoms with Gasteiger partial charge in [0.15, 0.2) is 11.6 Å². The number of ether oxygens (including phenoxy) is 1. The van der Waals surface area contributed by atoms with Crippen LogP contribution in [0.3, 0.4) is 0 Å². The molecule has 0 radical (unpaired) electrons. The van der Waals surface area contributed by atoms with Gasteiger partial charge in [-0.2, -0.15) is 0 Å². The van der Waals surface area contributed by atoms with Crippen LogP contribution in [0.15, 0.2) is 29.4 Å². The average Bonchev–Trinajstić information content (AvgIpc) is 2.85. The first kappa shape index (κ1) is 13.9. The third kappa shape index (κ3) is 3.96. The van der Waals surface area contributed by atoms with Crippen molar-refractivity contribution < 1.29 is 9.13 Å². The molecule has 0 atom stereocenters. The highest BCUT2D eigenvalue weighted by molar-refractivity contribution is 7.99. The Kier molecular flexibility index (Phi) is 4.79. The average molecular weight is 281 g/mol. The van der Waals surface area contributed by atoms with Crippen LogP contribution in [0.2, 0.25) is 0 Å². The van der Waals surface area contributed by atoms with Crippen molar-refractivity contribution in [2.24, 2.45) is 0 Å². The van der Waals surface area contributed by atoms with Gasteiger partial charge in [-0.05, 0) is 12.1 Å². The summed E-state index contributed by atoms with van der Waals surface area (Å²) in [6.45, 7) is 4.52. The molecule has 0 aliphatic rings. The van der Waals surface area contributed by atoms with E-state index in [0.29, 0.717) is 23.4 Å². The van der Waals surface area contributed by atoms with Gasteiger partial charge in [0.05, 0.1) is 6.61 Å². The summed E-state index contributed by atoms with van der Waals surface area (Å²) in [4.78, 5) is 4.34. The van der Waals surface area contributed by atoms with Gasteiger partial charge < -0.3 is 4.74 Å². The molecule has 1 N–H and O–H groups in total. The topological polar surface area (TPSA) is 50.8 Å². The van der Waals surface area contributed by atoms with E-state index in [1.54, 1.807) is 18.2 Å². The number of nitrogens with zero attached hydrogens (tertiary/aromatic N) is 2. The molecule has 0 aliphatic carbocycles. The van der Waals surface area contributed by atoms with Gasteiger partial charge in [-0.1, -0.05) is 37.7 Å². The minimum absolute atomic E-state index is 0.279. The summed E-state index contributed by atoms with van der Waals surface area (Å²) in [5.41, 5.74) is 0. The molecule has 1 aromatic heterocycles. The fourth-order valence-electron chi connectivity index (χ4n) is 1.43. The molecule has 0 spiro atoms. The van der Waals surface area contributed by atoms with Crippen LogP contribution in [0.5, 0.6) is 5.75 Å². The molecule has 0 saturated carbocycles. The van der Waals surface area contributed by atoms with E-state index in [4.69, 9.17) is 4.74 Å². The molecule has 19 heavy (non-hydrogen) atoms. The van der Waals surface area contributed by atoms with Crippen LogP contribution in [-0.4, -0.2) is 27.5 Å². The van der Waals surface area contributed by atoms with Crippen LogP contribution in [0, 0.1) is 5.82 Å². The Balaban J connectivity index is 1.76. The summed E-state index contributed by atoms with van der Waals surface area (Å²) in [5, 5.41) is 7.68. The maximum absolute atomic E-state index is 13.3. The van der Waals surface area contributed by atoms with Gasteiger partial charge in [0.1, 0.15) is 5.82 Å². The Bertz CT molecular complexity index is 530. The molecular formula is C13H16FN3OS. The maximum Gasteiger partial charge on any atom is 0.208 e. The van der Waals surface area contributed by atoms with Crippen LogP contribution in [0.25, 0.3) is 0 Å². The smallest absolute Gasteiger partial charge is 0.208 e. The molecule has 1 heterocycles. The zero-order chi connectivity index (χ0) is 13.7. The highest BCUT2D eigenvalue weighted by Crippen LogP contribution is 2.18. The Labute approximate surface area is 115 Å². The largest absolute Gasteiger partial charge is 0.490 e. The van der Waals surface area contributed by atoms with E-state index in [1.165, 1.54) is 17.8 Å². The van der Waals surface area contributed by atoms with Crippen molar-refractivity contribution in [2.75, 3.05) is 12.4 Å².